The van der Waals surface area contributed by atoms with Gasteiger partial charge in [0.1, 0.15) is 12.2 Å². The molecule has 1 aliphatic heterocycles. The van der Waals surface area contributed by atoms with Gasteiger partial charge in [-0.1, -0.05) is 66.0 Å². The minimum absolute atomic E-state index is 0.0767. The molecule has 0 aromatic rings. The molecule has 6 rings (SSSR count). The Kier molecular flexibility index (Phi) is 6.71. The van der Waals surface area contributed by atoms with Crippen LogP contribution in [0.4, 0.5) is 0 Å². The van der Waals surface area contributed by atoms with Crippen molar-refractivity contribution in [3.05, 3.63) is 34.4 Å². The van der Waals surface area contributed by atoms with Crippen LogP contribution >= 0.6 is 0 Å². The molecule has 3 fully saturated rings. The molecule has 2 bridgehead atoms. The van der Waals surface area contributed by atoms with Gasteiger partial charge in [-0.2, -0.15) is 0 Å². The van der Waals surface area contributed by atoms with E-state index in [1.165, 1.54) is 37.3 Å². The lowest BCUT2D eigenvalue weighted by atomic mass is 9.39. The van der Waals surface area contributed by atoms with E-state index in [0.717, 1.165) is 19.3 Å². The first-order chi connectivity index (χ1) is 19.4. The van der Waals surface area contributed by atoms with Crippen LogP contribution in [0.25, 0.3) is 0 Å². The van der Waals surface area contributed by atoms with Gasteiger partial charge in [0.25, 0.3) is 0 Å². The van der Waals surface area contributed by atoms with Crippen LogP contribution in [-0.2, 0) is 28.6 Å². The smallest absolute Gasteiger partial charge is 0.335 e. The van der Waals surface area contributed by atoms with Gasteiger partial charge in [0.15, 0.2) is 0 Å². The minimum Gasteiger partial charge on any atom is -0.463 e. The van der Waals surface area contributed by atoms with Crippen molar-refractivity contribution < 1.29 is 28.6 Å². The number of rotatable bonds is 8. The summed E-state index contributed by atoms with van der Waals surface area (Å²) in [6.07, 6.45) is 12.4. The molecule has 41 heavy (non-hydrogen) atoms. The zero-order valence-electron chi connectivity index (χ0n) is 26.1. The lowest BCUT2D eigenvalue weighted by Crippen LogP contribution is -2.61. The topological polar surface area (TPSA) is 78.9 Å². The van der Waals surface area contributed by atoms with E-state index < -0.39 is 22.2 Å². The van der Waals surface area contributed by atoms with Crippen LogP contribution < -0.4 is 0 Å². The number of carbonyl (C=O) groups excluding carboxylic acids is 3. The molecule has 0 amide bonds. The number of hydrogen-bond donors (Lipinski definition) is 0. The highest BCUT2D eigenvalue weighted by Gasteiger charge is 2.82. The summed E-state index contributed by atoms with van der Waals surface area (Å²) in [7, 11) is 0. The van der Waals surface area contributed by atoms with Crippen molar-refractivity contribution in [3.8, 4) is 0 Å². The van der Waals surface area contributed by atoms with Gasteiger partial charge in [0.2, 0.25) is 0 Å². The monoisotopic (exact) mass is 564 g/mol. The summed E-state index contributed by atoms with van der Waals surface area (Å²) in [6, 6.07) is 0. The molecule has 6 aliphatic rings. The van der Waals surface area contributed by atoms with Gasteiger partial charge in [-0.05, 0) is 85.2 Å². The lowest BCUT2D eigenvalue weighted by molar-refractivity contribution is -0.168. The maximum atomic E-state index is 14.0. The first-order valence-electron chi connectivity index (χ1n) is 16.1. The molecule has 6 nitrogen and oxygen atoms in total. The van der Waals surface area contributed by atoms with Crippen LogP contribution in [0.5, 0.6) is 0 Å². The highest BCUT2D eigenvalue weighted by molar-refractivity contribution is 6.07. The summed E-state index contributed by atoms with van der Waals surface area (Å²) in [5, 5.41) is 0. The molecule has 5 aliphatic carbocycles. The zero-order chi connectivity index (χ0) is 29.5. The highest BCUT2D eigenvalue weighted by atomic mass is 16.6. The lowest BCUT2D eigenvalue weighted by Gasteiger charge is -2.64. The van der Waals surface area contributed by atoms with Crippen LogP contribution in [-0.4, -0.2) is 36.7 Å². The Morgan fingerprint density at radius 3 is 2.54 bits per heavy atom. The average molecular weight is 565 g/mol. The van der Waals surface area contributed by atoms with Crippen LogP contribution in [0, 0.1) is 39.4 Å². The average Bonchev–Trinajstić information content (AvgIpc) is 3.39. The third kappa shape index (κ3) is 3.57. The van der Waals surface area contributed by atoms with Crippen molar-refractivity contribution >= 4 is 17.9 Å². The van der Waals surface area contributed by atoms with E-state index in [2.05, 4.69) is 46.8 Å². The molecule has 0 radical (unpaired) electrons. The Balaban J connectivity index is 1.47. The number of allylic oxidation sites excluding steroid dienone is 3. The number of carbonyl (C=O) groups is 3. The predicted molar refractivity (Wildman–Crippen MR) is 155 cm³/mol. The maximum Gasteiger partial charge on any atom is 0.335 e. The second kappa shape index (κ2) is 9.57. The molecular formula is C35H48O6. The van der Waals surface area contributed by atoms with Crippen LogP contribution in [0.2, 0.25) is 0 Å². The van der Waals surface area contributed by atoms with Crippen molar-refractivity contribution in [1.29, 1.82) is 0 Å². The number of fused-ring (bicyclic) bond motifs is 2. The van der Waals surface area contributed by atoms with Gasteiger partial charge in [0, 0.05) is 12.3 Å². The standard InChI is InChI=1S/C35H48O6/c1-8-39-30(37)28-29-31(38)41-27-19-32(6)24(21(4)11-9-10-20(2)3)12-13-25(32)26-15-17-34(28)18-23(40-22(5)36)14-16-33(34,7)35(26,27)29/h13,15,20-21,23-24,27H,8-12,14,16-19H2,1-7H3/t21-,23+,24-,27-,32-,33+,34-,35-/m1/s1. The summed E-state index contributed by atoms with van der Waals surface area (Å²) < 4.78 is 17.8. The van der Waals surface area contributed by atoms with Gasteiger partial charge >= 0.3 is 17.9 Å². The molecule has 1 heterocycles. The Bertz CT molecular complexity index is 1270. The predicted octanol–water partition coefficient (Wildman–Crippen LogP) is 7.03. The molecule has 1 spiro atoms. The molecule has 6 heteroatoms. The third-order valence-corrected chi connectivity index (χ3v) is 12.5. The summed E-state index contributed by atoms with van der Waals surface area (Å²) in [4.78, 5) is 39.9. The van der Waals surface area contributed by atoms with E-state index in [-0.39, 0.29) is 36.2 Å². The first-order valence-corrected chi connectivity index (χ1v) is 16.1. The first kappa shape index (κ1) is 28.7. The van der Waals surface area contributed by atoms with Crippen molar-refractivity contribution in [2.24, 2.45) is 39.4 Å². The fraction of sp³-hybridized carbons (Fsp3) is 0.743. The van der Waals surface area contributed by atoms with E-state index in [1.54, 1.807) is 6.92 Å². The number of esters is 3. The molecule has 224 valence electrons. The summed E-state index contributed by atoms with van der Waals surface area (Å²) >= 11 is 0. The molecule has 1 saturated heterocycles. The molecule has 0 aromatic carbocycles. The Morgan fingerprint density at radius 2 is 1.85 bits per heavy atom. The summed E-state index contributed by atoms with van der Waals surface area (Å²) in [5.74, 6) is 0.722. The van der Waals surface area contributed by atoms with Crippen molar-refractivity contribution in [2.75, 3.05) is 6.61 Å². The van der Waals surface area contributed by atoms with E-state index in [4.69, 9.17) is 14.2 Å². The van der Waals surface area contributed by atoms with Gasteiger partial charge < -0.3 is 14.2 Å². The molecule has 8 atom stereocenters. The SMILES string of the molecule is CCOC(=O)C1=C2C(=O)O[C@@H]3C[C@@]4(C)C(=CC[C@@H]4[C@H](C)CCCC(C)C)C4=CC[C@@]15C[C@@H](OC(C)=O)CC[C@]5(C)[C@@]423. The Morgan fingerprint density at radius 1 is 1.10 bits per heavy atom. The number of hydrogen-bond acceptors (Lipinski definition) is 6. The van der Waals surface area contributed by atoms with Crippen LogP contribution in [0.1, 0.15) is 106 Å². The fourth-order valence-corrected chi connectivity index (χ4v) is 10.8. The van der Waals surface area contributed by atoms with Gasteiger partial charge in [-0.15, -0.1) is 0 Å². The Labute approximate surface area is 245 Å². The normalized spacial score (nSPS) is 40.8. The molecular weight excluding hydrogens is 516 g/mol. The molecule has 2 saturated carbocycles. The van der Waals surface area contributed by atoms with E-state index in [9.17, 15) is 14.4 Å². The van der Waals surface area contributed by atoms with Gasteiger partial charge in [-0.25, -0.2) is 9.59 Å². The molecule has 0 N–H and O–H groups in total. The van der Waals surface area contributed by atoms with Crippen LogP contribution in [0.3, 0.4) is 0 Å². The quantitative estimate of drug-likeness (QED) is 0.233. The summed E-state index contributed by atoms with van der Waals surface area (Å²) in [6.45, 7) is 15.2. The second-order valence-electron chi connectivity index (χ2n) is 14.8. The number of ether oxygens (including phenoxy) is 3. The fourth-order valence-electron chi connectivity index (χ4n) is 10.8. The summed E-state index contributed by atoms with van der Waals surface area (Å²) in [5.41, 5.74) is 1.86. The van der Waals surface area contributed by atoms with E-state index in [0.29, 0.717) is 48.2 Å². The molecule has 0 aromatic heterocycles. The maximum absolute atomic E-state index is 14.0. The van der Waals surface area contributed by atoms with E-state index in [1.807, 2.05) is 0 Å². The van der Waals surface area contributed by atoms with Crippen molar-refractivity contribution in [3.63, 3.8) is 0 Å². The van der Waals surface area contributed by atoms with Crippen molar-refractivity contribution in [2.45, 2.75) is 118 Å². The third-order valence-electron chi connectivity index (χ3n) is 12.5. The second-order valence-corrected chi connectivity index (χ2v) is 14.8. The van der Waals surface area contributed by atoms with Gasteiger partial charge in [0.05, 0.1) is 23.2 Å². The largest absolute Gasteiger partial charge is 0.463 e. The van der Waals surface area contributed by atoms with Crippen LogP contribution in [0.15, 0.2) is 34.4 Å². The minimum atomic E-state index is -0.674. The van der Waals surface area contributed by atoms with E-state index >= 15 is 0 Å². The highest BCUT2D eigenvalue weighted by Crippen LogP contribution is 2.83. The van der Waals surface area contributed by atoms with Crippen molar-refractivity contribution in [1.82, 2.24) is 0 Å². The zero-order valence-corrected chi connectivity index (χ0v) is 26.1. The Hall–Kier alpha value is -2.37. The molecule has 0 unspecified atom stereocenters. The van der Waals surface area contributed by atoms with Gasteiger partial charge in [-0.3, -0.25) is 4.79 Å².